The molecule has 0 N–H and O–H groups in total. The number of aliphatic imine (C=N–C) groups is 1. The molecule has 0 amide bonds. The van der Waals surface area contributed by atoms with Crippen LogP contribution in [-0.2, 0) is 0 Å². The fraction of sp³-hybridized carbons (Fsp3) is 0.160. The highest BCUT2D eigenvalue weighted by atomic mass is 16.5. The molecule has 5 rings (SSSR count). The van der Waals surface area contributed by atoms with Crippen molar-refractivity contribution in [1.29, 1.82) is 0 Å². The van der Waals surface area contributed by atoms with Crippen molar-refractivity contribution in [3.05, 3.63) is 95.8 Å². The van der Waals surface area contributed by atoms with Gasteiger partial charge in [0.05, 0.1) is 12.8 Å². The molecule has 0 radical (unpaired) electrons. The molecule has 3 heterocycles. The molecule has 1 atom stereocenters. The van der Waals surface area contributed by atoms with Crippen molar-refractivity contribution in [2.45, 2.75) is 13.0 Å². The minimum Gasteiger partial charge on any atom is -0.497 e. The molecule has 2 aliphatic rings. The maximum absolute atomic E-state index is 13.2. The lowest BCUT2D eigenvalue weighted by Gasteiger charge is -2.31. The number of hydrogen-bond donors (Lipinski definition) is 0. The Morgan fingerprint density at radius 2 is 1.81 bits per heavy atom. The number of anilines is 1. The number of hydrogen-bond acceptors (Lipinski definition) is 6. The molecule has 0 spiro atoms. The van der Waals surface area contributed by atoms with Gasteiger partial charge in [-0.2, -0.15) is 9.78 Å². The third kappa shape index (κ3) is 3.47. The average Bonchev–Trinajstić information content (AvgIpc) is 3.20. The summed E-state index contributed by atoms with van der Waals surface area (Å²) >= 11 is 0. The molecule has 32 heavy (non-hydrogen) atoms. The molecule has 7 heteroatoms. The molecule has 0 aliphatic carbocycles. The van der Waals surface area contributed by atoms with Crippen molar-refractivity contribution in [3.63, 3.8) is 0 Å². The number of amidine groups is 1. The van der Waals surface area contributed by atoms with Crippen LogP contribution in [0.2, 0.25) is 0 Å². The van der Waals surface area contributed by atoms with Crippen molar-refractivity contribution in [1.82, 2.24) is 9.78 Å². The summed E-state index contributed by atoms with van der Waals surface area (Å²) in [5, 5.41) is 4.59. The molecule has 0 bridgehead atoms. The van der Waals surface area contributed by atoms with Crippen molar-refractivity contribution < 1.29 is 14.3 Å². The quantitative estimate of drug-likeness (QED) is 0.608. The van der Waals surface area contributed by atoms with E-state index in [1.807, 2.05) is 90.8 Å². The molecule has 2 aromatic carbocycles. The predicted molar refractivity (Wildman–Crippen MR) is 123 cm³/mol. The number of aryl methyl sites for hydroxylation is 1. The topological polar surface area (TPSA) is 69.0 Å². The molecule has 0 fully saturated rings. The van der Waals surface area contributed by atoms with Gasteiger partial charge in [0.1, 0.15) is 23.4 Å². The zero-order valence-electron chi connectivity index (χ0n) is 17.8. The molecule has 0 saturated heterocycles. The van der Waals surface area contributed by atoms with Gasteiger partial charge in [-0.1, -0.05) is 36.4 Å². The Hall–Kier alpha value is -4.13. The Balaban J connectivity index is 1.54. The maximum Gasteiger partial charge on any atom is 0.286 e. The van der Waals surface area contributed by atoms with Gasteiger partial charge in [0.2, 0.25) is 0 Å². The van der Waals surface area contributed by atoms with Crippen molar-refractivity contribution in [3.8, 4) is 11.5 Å². The molecule has 2 aliphatic heterocycles. The van der Waals surface area contributed by atoms with Gasteiger partial charge >= 0.3 is 0 Å². The van der Waals surface area contributed by atoms with E-state index in [1.165, 1.54) is 4.68 Å². The number of fused-ring (bicyclic) bond motifs is 3. The number of benzene rings is 2. The highest BCUT2D eigenvalue weighted by Gasteiger charge is 2.35. The van der Waals surface area contributed by atoms with E-state index >= 15 is 0 Å². The second-order valence-electron chi connectivity index (χ2n) is 7.46. The van der Waals surface area contributed by atoms with E-state index in [0.717, 1.165) is 28.4 Å². The molecule has 3 aromatic rings. The van der Waals surface area contributed by atoms with Crippen LogP contribution in [0.15, 0.2) is 84.0 Å². The number of rotatable bonds is 5. The predicted octanol–water partition coefficient (Wildman–Crippen LogP) is 4.31. The van der Waals surface area contributed by atoms with E-state index in [0.29, 0.717) is 11.6 Å². The number of methoxy groups -OCH3 is 1. The van der Waals surface area contributed by atoms with Gasteiger partial charge in [0.25, 0.3) is 5.91 Å². The lowest BCUT2D eigenvalue weighted by Crippen LogP contribution is -2.34. The Bertz CT molecular complexity index is 1240. The molecule has 7 nitrogen and oxygen atoms in total. The van der Waals surface area contributed by atoms with E-state index in [4.69, 9.17) is 14.5 Å². The summed E-state index contributed by atoms with van der Waals surface area (Å²) in [7, 11) is 1.64. The van der Waals surface area contributed by atoms with E-state index in [-0.39, 0.29) is 18.6 Å². The van der Waals surface area contributed by atoms with E-state index in [2.05, 4.69) is 5.10 Å². The first kappa shape index (κ1) is 19.8. The highest BCUT2D eigenvalue weighted by molar-refractivity contribution is 6.10. The van der Waals surface area contributed by atoms with Gasteiger partial charge in [0.15, 0.2) is 12.4 Å². The van der Waals surface area contributed by atoms with E-state index in [9.17, 15) is 4.79 Å². The van der Waals surface area contributed by atoms with Gasteiger partial charge in [-0.15, -0.1) is 0 Å². The maximum atomic E-state index is 13.2. The Kier molecular flexibility index (Phi) is 5.07. The van der Waals surface area contributed by atoms with Crippen molar-refractivity contribution in [2.75, 3.05) is 18.6 Å². The summed E-state index contributed by atoms with van der Waals surface area (Å²) in [5.74, 6) is 2.60. The zero-order valence-corrected chi connectivity index (χ0v) is 17.8. The summed E-state index contributed by atoms with van der Waals surface area (Å²) < 4.78 is 12.4. The van der Waals surface area contributed by atoms with Crippen LogP contribution in [0.4, 0.5) is 5.82 Å². The van der Waals surface area contributed by atoms with Crippen LogP contribution in [0.3, 0.4) is 0 Å². The summed E-state index contributed by atoms with van der Waals surface area (Å²) in [6, 6.07) is 16.8. The minimum absolute atomic E-state index is 0.120. The summed E-state index contributed by atoms with van der Waals surface area (Å²) in [6.45, 7) is 1.78. The SMILES string of the molecule is COc1ccc(C2N=C3C=CC=CN3c3c2c(C)nn3C(=O)COc2ccccc2)cc1. The monoisotopic (exact) mass is 426 g/mol. The first-order chi connectivity index (χ1) is 15.7. The standard InChI is InChI=1S/C25H22N4O3/c1-17-23-24(18-11-13-19(31-2)14-12-18)26-21-10-6-7-15-28(21)25(23)29(27-17)22(30)16-32-20-8-4-3-5-9-20/h3-15,24H,16H2,1-2H3. The summed E-state index contributed by atoms with van der Waals surface area (Å²) in [5.41, 5.74) is 2.64. The summed E-state index contributed by atoms with van der Waals surface area (Å²) in [4.78, 5) is 20.0. The van der Waals surface area contributed by atoms with E-state index in [1.54, 1.807) is 7.11 Å². The molecular formula is C25H22N4O3. The number of carbonyl (C=O) groups is 1. The van der Waals surface area contributed by atoms with Crippen LogP contribution >= 0.6 is 0 Å². The third-order valence-electron chi connectivity index (χ3n) is 5.46. The molecular weight excluding hydrogens is 404 g/mol. The molecule has 0 saturated carbocycles. The van der Waals surface area contributed by atoms with Crippen LogP contribution in [0, 0.1) is 6.92 Å². The second-order valence-corrected chi connectivity index (χ2v) is 7.46. The van der Waals surface area contributed by atoms with Gasteiger partial charge in [-0.25, -0.2) is 0 Å². The second kappa shape index (κ2) is 8.19. The first-order valence-electron chi connectivity index (χ1n) is 10.3. The first-order valence-corrected chi connectivity index (χ1v) is 10.3. The Morgan fingerprint density at radius 1 is 1.03 bits per heavy atom. The largest absolute Gasteiger partial charge is 0.497 e. The average molecular weight is 426 g/mol. The number of nitrogens with zero attached hydrogens (tertiary/aromatic N) is 4. The smallest absolute Gasteiger partial charge is 0.286 e. The van der Waals surface area contributed by atoms with Gasteiger partial charge in [-0.05, 0) is 48.9 Å². The minimum atomic E-state index is -0.283. The highest BCUT2D eigenvalue weighted by Crippen LogP contribution is 2.41. The van der Waals surface area contributed by atoms with Crippen LogP contribution in [0.25, 0.3) is 0 Å². The molecule has 1 aromatic heterocycles. The fourth-order valence-electron chi connectivity index (χ4n) is 3.92. The van der Waals surface area contributed by atoms with Crippen LogP contribution in [0.5, 0.6) is 11.5 Å². The van der Waals surface area contributed by atoms with Gasteiger partial charge in [0, 0.05) is 11.8 Å². The van der Waals surface area contributed by atoms with Crippen LogP contribution in [-0.4, -0.2) is 35.2 Å². The normalized spacial score (nSPS) is 16.2. The Morgan fingerprint density at radius 3 is 2.56 bits per heavy atom. The lowest BCUT2D eigenvalue weighted by atomic mass is 9.96. The third-order valence-corrected chi connectivity index (χ3v) is 5.46. The number of ether oxygens (including phenoxy) is 2. The van der Waals surface area contributed by atoms with Crippen molar-refractivity contribution >= 4 is 17.6 Å². The summed E-state index contributed by atoms with van der Waals surface area (Å²) in [6.07, 6.45) is 7.66. The number of para-hydroxylation sites is 1. The number of allylic oxidation sites excluding steroid dienone is 2. The molecule has 1 unspecified atom stereocenters. The van der Waals surface area contributed by atoms with Crippen LogP contribution in [0.1, 0.15) is 27.7 Å². The van der Waals surface area contributed by atoms with Gasteiger partial charge < -0.3 is 9.47 Å². The lowest BCUT2D eigenvalue weighted by molar-refractivity contribution is 0.0823. The van der Waals surface area contributed by atoms with Gasteiger partial charge in [-0.3, -0.25) is 14.7 Å². The molecule has 160 valence electrons. The number of carbonyl (C=O) groups excluding carboxylic acids is 1. The fourth-order valence-corrected chi connectivity index (χ4v) is 3.92. The zero-order chi connectivity index (χ0) is 22.1. The van der Waals surface area contributed by atoms with Crippen molar-refractivity contribution in [2.24, 2.45) is 4.99 Å². The number of aromatic nitrogens is 2. The van der Waals surface area contributed by atoms with Crippen LogP contribution < -0.4 is 14.4 Å². The Labute approximate surface area is 185 Å². The van der Waals surface area contributed by atoms with E-state index < -0.39 is 0 Å².